The van der Waals surface area contributed by atoms with Gasteiger partial charge in [0.2, 0.25) is 5.13 Å². The highest BCUT2D eigenvalue weighted by molar-refractivity contribution is 7.17. The molecule has 1 aromatic heterocycles. The van der Waals surface area contributed by atoms with Crippen LogP contribution in [0.5, 0.6) is 0 Å². The minimum atomic E-state index is -0.355. The molecule has 0 N–H and O–H groups in total. The molecule has 5 nitrogen and oxygen atoms in total. The Morgan fingerprint density at radius 1 is 1.17 bits per heavy atom. The van der Waals surface area contributed by atoms with Crippen LogP contribution in [0.2, 0.25) is 10.0 Å². The van der Waals surface area contributed by atoms with Gasteiger partial charge in [0.1, 0.15) is 4.88 Å². The first kappa shape index (κ1) is 24.0. The Hall–Kier alpha value is -2.67. The van der Waals surface area contributed by atoms with Crippen molar-refractivity contribution in [2.75, 3.05) is 11.6 Å². The van der Waals surface area contributed by atoms with E-state index >= 15 is 0 Å². The summed E-state index contributed by atoms with van der Waals surface area (Å²) in [5.41, 5.74) is 4.83. The second-order valence-corrected chi connectivity index (χ2v) is 10.4. The zero-order valence-corrected chi connectivity index (χ0v) is 21.8. The fourth-order valence-corrected chi connectivity index (χ4v) is 6.21. The van der Waals surface area contributed by atoms with E-state index in [2.05, 4.69) is 12.1 Å². The summed E-state index contributed by atoms with van der Waals surface area (Å²) in [6.45, 7) is 3.94. The third-order valence-electron chi connectivity index (χ3n) is 6.40. The maximum atomic E-state index is 12.5. The predicted octanol–water partition coefficient (Wildman–Crippen LogP) is 7.74. The van der Waals surface area contributed by atoms with Gasteiger partial charge in [-0.2, -0.15) is 5.10 Å². The molecule has 0 unspecified atom stereocenters. The molecule has 0 spiro atoms. The summed E-state index contributed by atoms with van der Waals surface area (Å²) in [6.07, 6.45) is 5.10. The van der Waals surface area contributed by atoms with Gasteiger partial charge in [-0.1, -0.05) is 70.9 Å². The van der Waals surface area contributed by atoms with Gasteiger partial charge in [-0.3, -0.25) is 0 Å². The molecule has 5 rings (SSSR count). The molecule has 2 heterocycles. The zero-order valence-electron chi connectivity index (χ0n) is 19.5. The van der Waals surface area contributed by atoms with Crippen LogP contribution < -0.4 is 5.01 Å². The number of hydrogen-bond donors (Lipinski definition) is 0. The number of rotatable bonds is 5. The van der Waals surface area contributed by atoms with Crippen molar-refractivity contribution in [3.05, 3.63) is 85.8 Å². The lowest BCUT2D eigenvalue weighted by atomic mass is 9.77. The quantitative estimate of drug-likeness (QED) is 0.319. The van der Waals surface area contributed by atoms with E-state index in [4.69, 9.17) is 38.0 Å². The largest absolute Gasteiger partial charge is 0.462 e. The molecular formula is C27H25Cl2N3O2S. The zero-order chi connectivity index (χ0) is 24.5. The Balaban J connectivity index is 1.62. The normalized spacial score (nSPS) is 20.6. The highest BCUT2D eigenvalue weighted by Gasteiger charge is 2.44. The van der Waals surface area contributed by atoms with Crippen LogP contribution in [0, 0.1) is 12.8 Å². The van der Waals surface area contributed by atoms with Gasteiger partial charge in [0.25, 0.3) is 0 Å². The fourth-order valence-electron chi connectivity index (χ4n) is 4.83. The molecular weight excluding hydrogens is 501 g/mol. The Bertz CT molecular complexity index is 1330. The molecule has 0 saturated heterocycles. The smallest absolute Gasteiger partial charge is 0.350 e. The second kappa shape index (κ2) is 10.1. The monoisotopic (exact) mass is 525 g/mol. The molecule has 1 fully saturated rings. The molecule has 2 aliphatic rings. The van der Waals surface area contributed by atoms with Gasteiger partial charge in [-0.15, -0.1) is 0 Å². The maximum absolute atomic E-state index is 12.5. The molecule has 3 aromatic rings. The number of benzene rings is 2. The van der Waals surface area contributed by atoms with E-state index < -0.39 is 0 Å². The summed E-state index contributed by atoms with van der Waals surface area (Å²) in [5.74, 6) is -0.209. The number of aryl methyl sites for hydroxylation is 1. The first-order valence-corrected chi connectivity index (χ1v) is 13.3. The minimum Gasteiger partial charge on any atom is -0.462 e. The van der Waals surface area contributed by atoms with Gasteiger partial charge in [0.15, 0.2) is 0 Å². The molecule has 1 saturated carbocycles. The van der Waals surface area contributed by atoms with Crippen molar-refractivity contribution < 1.29 is 9.53 Å². The predicted molar refractivity (Wildman–Crippen MR) is 144 cm³/mol. The van der Waals surface area contributed by atoms with E-state index in [1.807, 2.05) is 54.4 Å². The van der Waals surface area contributed by atoms with Gasteiger partial charge in [0.05, 0.1) is 24.1 Å². The molecule has 0 bridgehead atoms. The molecule has 180 valence electrons. The molecule has 1 aliphatic heterocycles. The molecule has 1 aliphatic carbocycles. The Kier molecular flexibility index (Phi) is 6.96. The summed E-state index contributed by atoms with van der Waals surface area (Å²) in [7, 11) is 0. The van der Waals surface area contributed by atoms with Crippen LogP contribution in [-0.4, -0.2) is 23.3 Å². The minimum absolute atomic E-state index is 0.116. The summed E-state index contributed by atoms with van der Waals surface area (Å²) in [4.78, 5) is 17.7. The van der Waals surface area contributed by atoms with Crippen LogP contribution in [0.1, 0.15) is 58.7 Å². The van der Waals surface area contributed by atoms with E-state index in [0.717, 1.165) is 41.1 Å². The van der Waals surface area contributed by atoms with Crippen LogP contribution >= 0.6 is 34.5 Å². The number of aromatic nitrogens is 1. The Morgan fingerprint density at radius 3 is 2.66 bits per heavy atom. The van der Waals surface area contributed by atoms with Gasteiger partial charge < -0.3 is 4.74 Å². The number of halogens is 2. The van der Waals surface area contributed by atoms with Crippen molar-refractivity contribution in [2.45, 2.75) is 39.2 Å². The van der Waals surface area contributed by atoms with Gasteiger partial charge in [0, 0.05) is 16.0 Å². The highest BCUT2D eigenvalue weighted by atomic mass is 35.5. The number of fused-ring (bicyclic) bond motifs is 1. The third-order valence-corrected chi connectivity index (χ3v) is 8.22. The number of carbonyl (C=O) groups is 1. The summed E-state index contributed by atoms with van der Waals surface area (Å²) in [6, 6.07) is 15.6. The number of anilines is 1. The van der Waals surface area contributed by atoms with Crippen molar-refractivity contribution in [1.29, 1.82) is 0 Å². The first-order chi connectivity index (χ1) is 17.0. The van der Waals surface area contributed by atoms with E-state index in [9.17, 15) is 4.79 Å². The fraction of sp³-hybridized carbons (Fsp3) is 0.296. The standard InChI is InChI=1S/C27H25Cl2N3O2S/c1-3-34-26(33)25-16(2)30-27(35-25)32-24(19-11-5-7-14-22(19)29)20-12-8-10-18(23(20)31-32)15-17-9-4-6-13-21(17)28/h4-7,9,11,13-15,20,24H,3,8,10,12H2,1-2H3/b18-15-/t20-,24+/m0/s1. The number of hydrogen-bond acceptors (Lipinski definition) is 6. The Labute approximate surface area is 219 Å². The van der Waals surface area contributed by atoms with Gasteiger partial charge in [-0.05, 0) is 68.0 Å². The number of thiazole rings is 1. The molecule has 0 amide bonds. The van der Waals surface area contributed by atoms with Gasteiger partial charge in [-0.25, -0.2) is 14.8 Å². The third kappa shape index (κ3) is 4.63. The lowest BCUT2D eigenvalue weighted by Gasteiger charge is -2.30. The van der Waals surface area contributed by atoms with E-state index in [1.54, 1.807) is 6.92 Å². The van der Waals surface area contributed by atoms with Crippen molar-refractivity contribution >= 4 is 57.4 Å². The lowest BCUT2D eigenvalue weighted by molar-refractivity contribution is 0.0531. The van der Waals surface area contributed by atoms with E-state index in [-0.39, 0.29) is 17.9 Å². The number of ether oxygens (including phenoxy) is 1. The second-order valence-electron chi connectivity index (χ2n) is 8.62. The van der Waals surface area contributed by atoms with Crippen LogP contribution in [0.3, 0.4) is 0 Å². The topological polar surface area (TPSA) is 54.8 Å². The van der Waals surface area contributed by atoms with Gasteiger partial charge >= 0.3 is 5.97 Å². The lowest BCUT2D eigenvalue weighted by Crippen LogP contribution is -2.28. The average Bonchev–Trinajstić information content (AvgIpc) is 3.42. The number of nitrogens with zero attached hydrogens (tertiary/aromatic N) is 3. The van der Waals surface area contributed by atoms with Crippen molar-refractivity contribution in [3.63, 3.8) is 0 Å². The van der Waals surface area contributed by atoms with E-state index in [1.165, 1.54) is 16.9 Å². The SMILES string of the molecule is CCOC(=O)c1sc(N2N=C3/C(=C\c4ccccc4Cl)CCC[C@@H]3[C@H]2c2ccccc2Cl)nc1C. The number of hydrazone groups is 1. The van der Waals surface area contributed by atoms with Crippen LogP contribution in [0.25, 0.3) is 6.08 Å². The molecule has 8 heteroatoms. The van der Waals surface area contributed by atoms with Crippen molar-refractivity contribution in [3.8, 4) is 0 Å². The van der Waals surface area contributed by atoms with Crippen LogP contribution in [-0.2, 0) is 4.74 Å². The molecule has 35 heavy (non-hydrogen) atoms. The number of allylic oxidation sites excluding steroid dienone is 1. The highest BCUT2D eigenvalue weighted by Crippen LogP contribution is 2.48. The number of carbonyl (C=O) groups excluding carboxylic acids is 1. The summed E-state index contributed by atoms with van der Waals surface area (Å²) < 4.78 is 5.24. The van der Waals surface area contributed by atoms with Crippen LogP contribution in [0.4, 0.5) is 5.13 Å². The molecule has 2 atom stereocenters. The van der Waals surface area contributed by atoms with Crippen molar-refractivity contribution in [2.24, 2.45) is 11.0 Å². The summed E-state index contributed by atoms with van der Waals surface area (Å²) >= 11 is 14.5. The van der Waals surface area contributed by atoms with Crippen LogP contribution in [0.15, 0.2) is 59.2 Å². The Morgan fingerprint density at radius 2 is 1.91 bits per heavy atom. The first-order valence-electron chi connectivity index (χ1n) is 11.7. The molecule has 2 aromatic carbocycles. The van der Waals surface area contributed by atoms with Crippen molar-refractivity contribution in [1.82, 2.24) is 4.98 Å². The summed E-state index contributed by atoms with van der Waals surface area (Å²) in [5, 5.41) is 9.15. The maximum Gasteiger partial charge on any atom is 0.350 e. The average molecular weight is 526 g/mol. The molecule has 0 radical (unpaired) electrons. The van der Waals surface area contributed by atoms with E-state index in [0.29, 0.717) is 27.3 Å². The number of esters is 1.